The van der Waals surface area contributed by atoms with E-state index in [4.69, 9.17) is 4.42 Å². The first-order valence-electron chi connectivity index (χ1n) is 10.1. The highest BCUT2D eigenvalue weighted by Gasteiger charge is 2.24. The molecule has 3 rings (SSSR count). The number of amides is 1. The van der Waals surface area contributed by atoms with Gasteiger partial charge >= 0.3 is 0 Å². The van der Waals surface area contributed by atoms with Gasteiger partial charge in [0.2, 0.25) is 0 Å². The molecule has 0 saturated carbocycles. The van der Waals surface area contributed by atoms with Gasteiger partial charge in [-0.25, -0.2) is 0 Å². The summed E-state index contributed by atoms with van der Waals surface area (Å²) in [4.78, 5) is 28.5. The van der Waals surface area contributed by atoms with Crippen molar-refractivity contribution in [1.82, 2.24) is 9.80 Å². The van der Waals surface area contributed by atoms with E-state index in [2.05, 4.69) is 36.1 Å². The lowest BCUT2D eigenvalue weighted by atomic mass is 9.96. The third-order valence-corrected chi connectivity index (χ3v) is 5.54. The van der Waals surface area contributed by atoms with Crippen LogP contribution < -0.4 is 5.43 Å². The van der Waals surface area contributed by atoms with Crippen LogP contribution in [-0.2, 0) is 6.42 Å². The molecular weight excluding hydrogens is 352 g/mol. The zero-order chi connectivity index (χ0) is 20.1. The Morgan fingerprint density at radius 3 is 2.79 bits per heavy atom. The summed E-state index contributed by atoms with van der Waals surface area (Å²) in [6, 6.07) is 11.2. The maximum absolute atomic E-state index is 12.6. The van der Waals surface area contributed by atoms with E-state index in [0.717, 1.165) is 38.9 Å². The fourth-order valence-corrected chi connectivity index (χ4v) is 4.04. The second kappa shape index (κ2) is 9.20. The third kappa shape index (κ3) is 5.32. The van der Waals surface area contributed by atoms with Gasteiger partial charge in [-0.1, -0.05) is 24.3 Å². The molecule has 0 radical (unpaired) electrons. The normalized spacial score (nSPS) is 17.5. The largest absolute Gasteiger partial charge is 0.456 e. The summed E-state index contributed by atoms with van der Waals surface area (Å²) in [5.41, 5.74) is 2.56. The van der Waals surface area contributed by atoms with Gasteiger partial charge in [0.25, 0.3) is 5.91 Å². The first kappa shape index (κ1) is 20.3. The van der Waals surface area contributed by atoms with Crippen molar-refractivity contribution in [3.8, 4) is 0 Å². The summed E-state index contributed by atoms with van der Waals surface area (Å²) < 4.78 is 5.45. The van der Waals surface area contributed by atoms with Crippen molar-refractivity contribution in [2.45, 2.75) is 33.1 Å². The van der Waals surface area contributed by atoms with Crippen LogP contribution in [0.3, 0.4) is 0 Å². The first-order valence-corrected chi connectivity index (χ1v) is 10.1. The van der Waals surface area contributed by atoms with Crippen LogP contribution in [0.2, 0.25) is 0 Å². The van der Waals surface area contributed by atoms with Crippen LogP contribution in [0.15, 0.2) is 45.6 Å². The number of carbonyl (C=O) groups is 1. The summed E-state index contributed by atoms with van der Waals surface area (Å²) in [6.45, 7) is 7.70. The average molecular weight is 383 g/mol. The fourth-order valence-electron chi connectivity index (χ4n) is 4.04. The quantitative estimate of drug-likeness (QED) is 0.769. The van der Waals surface area contributed by atoms with E-state index in [1.165, 1.54) is 23.3 Å². The minimum Gasteiger partial charge on any atom is -0.456 e. The van der Waals surface area contributed by atoms with Crippen molar-refractivity contribution in [2.75, 3.05) is 33.2 Å². The molecule has 0 spiro atoms. The number of carbonyl (C=O) groups excluding carboxylic acids is 1. The van der Waals surface area contributed by atoms with Gasteiger partial charge in [0.05, 0.1) is 0 Å². The van der Waals surface area contributed by atoms with Crippen molar-refractivity contribution in [1.29, 1.82) is 0 Å². The number of likely N-dealkylation sites (tertiary alicyclic amines) is 1. The molecule has 2 heterocycles. The Hall–Kier alpha value is -2.40. The summed E-state index contributed by atoms with van der Waals surface area (Å²) in [6.07, 6.45) is 3.33. The number of rotatable bonds is 6. The van der Waals surface area contributed by atoms with Crippen LogP contribution >= 0.6 is 0 Å². The second-order valence-electron chi connectivity index (χ2n) is 7.94. The minimum atomic E-state index is -0.224. The molecule has 150 valence electrons. The molecule has 5 nitrogen and oxygen atoms in total. The standard InChI is InChI=1S/C23H30N2O3/c1-17-7-4-5-9-20(17)10-12-25-11-6-8-19(16-25)15-24(3)23(27)22-14-21(26)13-18(2)28-22/h4-5,7,9,13-14,19H,6,8,10-12,15-16H2,1-3H3. The maximum Gasteiger partial charge on any atom is 0.289 e. The SMILES string of the molecule is Cc1cc(=O)cc(C(=O)N(C)CC2CCCN(CCc3ccccc3C)C2)o1. The average Bonchev–Trinajstić information content (AvgIpc) is 2.66. The molecule has 0 N–H and O–H groups in total. The van der Waals surface area contributed by atoms with E-state index < -0.39 is 0 Å². The molecule has 0 bridgehead atoms. The molecule has 1 fully saturated rings. The summed E-state index contributed by atoms with van der Waals surface area (Å²) in [5.74, 6) is 0.804. The molecule has 5 heteroatoms. The van der Waals surface area contributed by atoms with Crippen molar-refractivity contribution < 1.29 is 9.21 Å². The predicted octanol–water partition coefficient (Wildman–Crippen LogP) is 3.28. The van der Waals surface area contributed by atoms with Gasteiger partial charge in [0, 0.05) is 38.8 Å². The third-order valence-electron chi connectivity index (χ3n) is 5.54. The number of hydrogen-bond acceptors (Lipinski definition) is 4. The maximum atomic E-state index is 12.6. The van der Waals surface area contributed by atoms with Crippen LogP contribution in [-0.4, -0.2) is 48.9 Å². The zero-order valence-electron chi connectivity index (χ0n) is 17.1. The first-order chi connectivity index (χ1) is 13.4. The van der Waals surface area contributed by atoms with Gasteiger partial charge in [0.1, 0.15) is 5.76 Å². The Kier molecular flexibility index (Phi) is 6.68. The van der Waals surface area contributed by atoms with Crippen molar-refractivity contribution in [3.05, 3.63) is 69.3 Å². The second-order valence-corrected chi connectivity index (χ2v) is 7.94. The number of hydrogen-bond donors (Lipinski definition) is 0. The predicted molar refractivity (Wildman–Crippen MR) is 111 cm³/mol. The van der Waals surface area contributed by atoms with E-state index in [1.54, 1.807) is 18.9 Å². The summed E-state index contributed by atoms with van der Waals surface area (Å²) >= 11 is 0. The molecule has 1 unspecified atom stereocenters. The van der Waals surface area contributed by atoms with Crippen LogP contribution in [0.1, 0.15) is 40.3 Å². The van der Waals surface area contributed by atoms with Crippen molar-refractivity contribution in [2.24, 2.45) is 5.92 Å². The highest BCUT2D eigenvalue weighted by molar-refractivity contribution is 5.91. The van der Waals surface area contributed by atoms with Crippen LogP contribution in [0.4, 0.5) is 0 Å². The number of aryl methyl sites for hydroxylation is 2. The summed E-state index contributed by atoms with van der Waals surface area (Å²) in [5, 5.41) is 0. The lowest BCUT2D eigenvalue weighted by Gasteiger charge is -2.34. The molecule has 28 heavy (non-hydrogen) atoms. The van der Waals surface area contributed by atoms with Gasteiger partial charge in [-0.15, -0.1) is 0 Å². The van der Waals surface area contributed by atoms with E-state index >= 15 is 0 Å². The molecule has 1 saturated heterocycles. The number of benzene rings is 1. The Labute approximate surface area is 167 Å². The summed E-state index contributed by atoms with van der Waals surface area (Å²) in [7, 11) is 1.79. The molecule has 1 amide bonds. The van der Waals surface area contributed by atoms with Gasteiger partial charge < -0.3 is 14.2 Å². The van der Waals surface area contributed by atoms with Crippen LogP contribution in [0.25, 0.3) is 0 Å². The number of piperidine rings is 1. The lowest BCUT2D eigenvalue weighted by Crippen LogP contribution is -2.42. The smallest absolute Gasteiger partial charge is 0.289 e. The fraction of sp³-hybridized carbons (Fsp3) is 0.478. The Morgan fingerprint density at radius 1 is 1.25 bits per heavy atom. The van der Waals surface area contributed by atoms with Crippen molar-refractivity contribution in [3.63, 3.8) is 0 Å². The van der Waals surface area contributed by atoms with Gasteiger partial charge in [-0.3, -0.25) is 9.59 Å². The Balaban J connectivity index is 1.54. The van der Waals surface area contributed by atoms with Gasteiger partial charge in [0.15, 0.2) is 11.2 Å². The molecule has 1 aliphatic heterocycles. The molecule has 1 aliphatic rings. The minimum absolute atomic E-state index is 0.125. The Bertz CT molecular complexity index is 874. The monoisotopic (exact) mass is 382 g/mol. The van der Waals surface area contributed by atoms with Crippen LogP contribution in [0.5, 0.6) is 0 Å². The van der Waals surface area contributed by atoms with Gasteiger partial charge in [-0.2, -0.15) is 0 Å². The highest BCUT2D eigenvalue weighted by Crippen LogP contribution is 2.19. The van der Waals surface area contributed by atoms with E-state index in [1.807, 2.05) is 0 Å². The van der Waals surface area contributed by atoms with E-state index in [0.29, 0.717) is 18.2 Å². The molecule has 1 aromatic heterocycles. The van der Waals surface area contributed by atoms with Crippen molar-refractivity contribution >= 4 is 5.91 Å². The van der Waals surface area contributed by atoms with E-state index in [9.17, 15) is 9.59 Å². The van der Waals surface area contributed by atoms with Gasteiger partial charge in [-0.05, 0) is 56.7 Å². The molecule has 0 aliphatic carbocycles. The molecule has 1 aromatic carbocycles. The zero-order valence-corrected chi connectivity index (χ0v) is 17.1. The molecular formula is C23H30N2O3. The number of nitrogens with zero attached hydrogens (tertiary/aromatic N) is 2. The lowest BCUT2D eigenvalue weighted by molar-refractivity contribution is 0.0695. The molecule has 2 aromatic rings. The highest BCUT2D eigenvalue weighted by atomic mass is 16.3. The molecule has 1 atom stereocenters. The topological polar surface area (TPSA) is 53.8 Å². The Morgan fingerprint density at radius 2 is 2.04 bits per heavy atom. The van der Waals surface area contributed by atoms with Crippen LogP contribution in [0, 0.1) is 19.8 Å². The van der Waals surface area contributed by atoms with E-state index in [-0.39, 0.29) is 17.1 Å².